The molecule has 3 aromatic carbocycles. The zero-order valence-electron chi connectivity index (χ0n) is 17.2. The number of fused-ring (bicyclic) bond motifs is 3. The molecule has 0 bridgehead atoms. The van der Waals surface area contributed by atoms with Crippen LogP contribution in [-0.4, -0.2) is 22.4 Å². The Balaban J connectivity index is 1.42. The first-order valence-electron chi connectivity index (χ1n) is 9.86. The van der Waals surface area contributed by atoms with Crippen LogP contribution in [0, 0.1) is 0 Å². The summed E-state index contributed by atoms with van der Waals surface area (Å²) in [5.74, 6) is 0.280. The number of halogens is 3. The minimum atomic E-state index is -4.48. The molecule has 0 aliphatic heterocycles. The third-order valence-electron chi connectivity index (χ3n) is 5.19. The van der Waals surface area contributed by atoms with Crippen LogP contribution in [0.4, 0.5) is 18.9 Å². The maximum Gasteiger partial charge on any atom is 0.416 e. The number of nitrogens with zero attached hydrogens (tertiary/aromatic N) is 2. The van der Waals surface area contributed by atoms with Crippen molar-refractivity contribution < 1.29 is 22.7 Å². The summed E-state index contributed by atoms with van der Waals surface area (Å²) in [4.78, 5) is 18.1. The van der Waals surface area contributed by atoms with Gasteiger partial charge in [0.2, 0.25) is 0 Å². The molecular weight excluding hydrogens is 451 g/mol. The average molecular weight is 467 g/mol. The van der Waals surface area contributed by atoms with Crippen LogP contribution >= 0.6 is 11.3 Å². The zero-order valence-corrected chi connectivity index (χ0v) is 18.0. The minimum absolute atomic E-state index is 0.0834. The van der Waals surface area contributed by atoms with Gasteiger partial charge in [0.1, 0.15) is 5.75 Å². The maximum absolute atomic E-state index is 12.9. The topological polar surface area (TPSA) is 55.6 Å². The van der Waals surface area contributed by atoms with E-state index in [-0.39, 0.29) is 5.69 Å². The number of amides is 1. The Bertz CT molecular complexity index is 1490. The highest BCUT2D eigenvalue weighted by atomic mass is 32.1. The molecule has 0 aliphatic rings. The molecular formula is C24H16F3N3O2S. The number of anilines is 1. The Hall–Kier alpha value is -3.85. The van der Waals surface area contributed by atoms with Gasteiger partial charge in [-0.1, -0.05) is 17.4 Å². The van der Waals surface area contributed by atoms with Crippen molar-refractivity contribution in [3.63, 3.8) is 0 Å². The van der Waals surface area contributed by atoms with E-state index in [1.165, 1.54) is 23.5 Å². The normalized spacial score (nSPS) is 11.8. The molecule has 0 saturated heterocycles. The predicted molar refractivity (Wildman–Crippen MR) is 122 cm³/mol. The molecule has 33 heavy (non-hydrogen) atoms. The monoisotopic (exact) mass is 467 g/mol. The lowest BCUT2D eigenvalue weighted by molar-refractivity contribution is -0.137. The van der Waals surface area contributed by atoms with Crippen LogP contribution in [0.2, 0.25) is 0 Å². The lowest BCUT2D eigenvalue weighted by atomic mass is 10.1. The molecule has 2 heterocycles. The number of nitrogens with one attached hydrogen (secondary N) is 1. The number of hydrogen-bond donors (Lipinski definition) is 1. The fraction of sp³-hybridized carbons (Fsp3) is 0.0833. The van der Waals surface area contributed by atoms with Crippen molar-refractivity contribution in [2.75, 3.05) is 12.4 Å². The molecule has 0 atom stereocenters. The molecule has 2 aromatic heterocycles. The van der Waals surface area contributed by atoms with E-state index in [4.69, 9.17) is 4.74 Å². The SMILES string of the molecule is COc1ccc(-c2cn3c(n2)sc2cc(C(=O)Nc4cccc(C(F)(F)F)c4)ccc23)cc1. The largest absolute Gasteiger partial charge is 0.497 e. The first-order chi connectivity index (χ1) is 15.8. The minimum Gasteiger partial charge on any atom is -0.497 e. The van der Waals surface area contributed by atoms with Gasteiger partial charge in [0.25, 0.3) is 5.91 Å². The molecule has 5 rings (SSSR count). The number of rotatable bonds is 4. The van der Waals surface area contributed by atoms with Gasteiger partial charge in [-0.2, -0.15) is 13.2 Å². The fourth-order valence-corrected chi connectivity index (χ4v) is 4.57. The summed E-state index contributed by atoms with van der Waals surface area (Å²) < 4.78 is 46.7. The van der Waals surface area contributed by atoms with Crippen molar-refractivity contribution in [3.05, 3.63) is 84.1 Å². The number of carbonyl (C=O) groups is 1. The lowest BCUT2D eigenvalue weighted by Gasteiger charge is -2.10. The molecule has 1 N–H and O–H groups in total. The number of benzene rings is 3. The maximum atomic E-state index is 12.9. The number of ether oxygens (including phenoxy) is 1. The van der Waals surface area contributed by atoms with E-state index in [2.05, 4.69) is 10.3 Å². The smallest absolute Gasteiger partial charge is 0.416 e. The summed E-state index contributed by atoms with van der Waals surface area (Å²) in [5.41, 5.74) is 2.27. The second-order valence-electron chi connectivity index (χ2n) is 7.32. The summed E-state index contributed by atoms with van der Waals surface area (Å²) in [6, 6.07) is 17.3. The summed E-state index contributed by atoms with van der Waals surface area (Å²) in [6.45, 7) is 0. The molecule has 0 saturated carbocycles. The van der Waals surface area contributed by atoms with Crippen molar-refractivity contribution in [3.8, 4) is 17.0 Å². The van der Waals surface area contributed by atoms with Gasteiger partial charge >= 0.3 is 6.18 Å². The molecule has 5 aromatic rings. The second kappa shape index (κ2) is 7.93. The molecule has 1 amide bonds. The first kappa shape index (κ1) is 21.0. The van der Waals surface area contributed by atoms with Gasteiger partial charge in [-0.15, -0.1) is 0 Å². The van der Waals surface area contributed by atoms with E-state index in [1.54, 1.807) is 25.3 Å². The van der Waals surface area contributed by atoms with Crippen LogP contribution in [0.15, 0.2) is 72.9 Å². The molecule has 0 radical (unpaired) electrons. The van der Waals surface area contributed by atoms with Crippen LogP contribution in [0.3, 0.4) is 0 Å². The fourth-order valence-electron chi connectivity index (χ4n) is 3.52. The van der Waals surface area contributed by atoms with Crippen molar-refractivity contribution >= 4 is 38.1 Å². The van der Waals surface area contributed by atoms with Crippen molar-refractivity contribution in [1.82, 2.24) is 9.38 Å². The Labute approximate surface area is 190 Å². The van der Waals surface area contributed by atoms with E-state index < -0.39 is 17.6 Å². The van der Waals surface area contributed by atoms with E-state index in [9.17, 15) is 18.0 Å². The average Bonchev–Trinajstić information content (AvgIpc) is 3.36. The van der Waals surface area contributed by atoms with Gasteiger partial charge in [0.15, 0.2) is 4.96 Å². The Morgan fingerprint density at radius 3 is 2.58 bits per heavy atom. The number of hydrogen-bond acceptors (Lipinski definition) is 4. The second-order valence-corrected chi connectivity index (χ2v) is 8.33. The first-order valence-corrected chi connectivity index (χ1v) is 10.7. The summed E-state index contributed by atoms with van der Waals surface area (Å²) in [6.07, 6.45) is -2.55. The van der Waals surface area contributed by atoms with Gasteiger partial charge in [0, 0.05) is 23.0 Å². The highest BCUT2D eigenvalue weighted by molar-refractivity contribution is 7.23. The number of aromatic nitrogens is 2. The van der Waals surface area contributed by atoms with Crippen LogP contribution < -0.4 is 10.1 Å². The standard InChI is InChI=1S/C24H16F3N3O2S/c1-32-18-8-5-14(6-9-18)19-13-30-20-10-7-15(11-21(20)33-23(30)29-19)22(31)28-17-4-2-3-16(12-17)24(25,26)27/h2-13H,1H3,(H,28,31). The molecule has 166 valence electrons. The van der Waals surface area contributed by atoms with Gasteiger partial charge in [-0.25, -0.2) is 4.98 Å². The Morgan fingerprint density at radius 1 is 1.06 bits per heavy atom. The van der Waals surface area contributed by atoms with E-state index in [0.29, 0.717) is 5.56 Å². The van der Waals surface area contributed by atoms with Gasteiger partial charge < -0.3 is 10.1 Å². The number of methoxy groups -OCH3 is 1. The summed E-state index contributed by atoms with van der Waals surface area (Å²) >= 11 is 1.43. The molecule has 5 nitrogen and oxygen atoms in total. The number of thiazole rings is 1. The van der Waals surface area contributed by atoms with E-state index in [1.807, 2.05) is 34.9 Å². The molecule has 0 spiro atoms. The van der Waals surface area contributed by atoms with Gasteiger partial charge in [0.05, 0.1) is 28.6 Å². The predicted octanol–water partition coefficient (Wildman–Crippen LogP) is 6.50. The third kappa shape index (κ3) is 4.03. The number of alkyl halides is 3. The van der Waals surface area contributed by atoms with Gasteiger partial charge in [-0.05, 0) is 60.7 Å². The molecule has 0 fully saturated rings. The Morgan fingerprint density at radius 2 is 1.85 bits per heavy atom. The van der Waals surface area contributed by atoms with Crippen molar-refractivity contribution in [2.45, 2.75) is 6.18 Å². The quantitative estimate of drug-likeness (QED) is 0.328. The zero-order chi connectivity index (χ0) is 23.2. The molecule has 9 heteroatoms. The highest BCUT2D eigenvalue weighted by Gasteiger charge is 2.30. The van der Waals surface area contributed by atoms with E-state index >= 15 is 0 Å². The van der Waals surface area contributed by atoms with Crippen LogP contribution in [0.5, 0.6) is 5.75 Å². The molecule has 0 unspecified atom stereocenters. The van der Waals surface area contributed by atoms with Crippen LogP contribution in [0.1, 0.15) is 15.9 Å². The number of imidazole rings is 1. The summed E-state index contributed by atoms with van der Waals surface area (Å²) in [7, 11) is 1.61. The van der Waals surface area contributed by atoms with Gasteiger partial charge in [-0.3, -0.25) is 9.20 Å². The van der Waals surface area contributed by atoms with Crippen LogP contribution in [-0.2, 0) is 6.18 Å². The van der Waals surface area contributed by atoms with E-state index in [0.717, 1.165) is 44.3 Å². The van der Waals surface area contributed by atoms with Crippen molar-refractivity contribution in [1.29, 1.82) is 0 Å². The summed E-state index contributed by atoms with van der Waals surface area (Å²) in [5, 5.41) is 2.54. The number of carbonyl (C=O) groups excluding carboxylic acids is 1. The lowest BCUT2D eigenvalue weighted by Crippen LogP contribution is -2.13. The highest BCUT2D eigenvalue weighted by Crippen LogP contribution is 2.32. The third-order valence-corrected chi connectivity index (χ3v) is 6.21. The molecule has 0 aliphatic carbocycles. The van der Waals surface area contributed by atoms with Crippen molar-refractivity contribution in [2.24, 2.45) is 0 Å². The van der Waals surface area contributed by atoms with Crippen LogP contribution in [0.25, 0.3) is 26.4 Å². The Kier molecular flexibility index (Phi) is 5.05.